The van der Waals surface area contributed by atoms with E-state index in [1.807, 2.05) is 0 Å². The van der Waals surface area contributed by atoms with E-state index in [4.69, 9.17) is 4.42 Å². The molecule has 2 heterocycles. The molecular formula is C19H19N3O5S2. The van der Waals surface area contributed by atoms with Crippen molar-refractivity contribution in [3.63, 3.8) is 0 Å². The lowest BCUT2D eigenvalue weighted by atomic mass is 10.2. The summed E-state index contributed by atoms with van der Waals surface area (Å²) >= 11 is 1.10. The summed E-state index contributed by atoms with van der Waals surface area (Å²) < 4.78 is 30.6. The lowest BCUT2D eigenvalue weighted by Gasteiger charge is -2.08. The zero-order valence-corrected chi connectivity index (χ0v) is 17.3. The first-order chi connectivity index (χ1) is 13.8. The van der Waals surface area contributed by atoms with E-state index in [0.29, 0.717) is 16.1 Å². The molecule has 8 nitrogen and oxygen atoms in total. The highest BCUT2D eigenvalue weighted by Gasteiger charge is 2.19. The van der Waals surface area contributed by atoms with Crippen LogP contribution < -0.4 is 10.6 Å². The van der Waals surface area contributed by atoms with Gasteiger partial charge in [-0.1, -0.05) is 6.07 Å². The smallest absolute Gasteiger partial charge is 0.291 e. The van der Waals surface area contributed by atoms with E-state index < -0.39 is 15.9 Å². The number of benzene rings is 1. The number of amides is 2. The molecule has 10 heteroatoms. The number of carbonyl (C=O) groups excluding carboxylic acids is 2. The van der Waals surface area contributed by atoms with E-state index in [-0.39, 0.29) is 22.4 Å². The monoisotopic (exact) mass is 433 g/mol. The first-order valence-corrected chi connectivity index (χ1v) is 10.8. The lowest BCUT2D eigenvalue weighted by molar-refractivity contribution is 0.0949. The second kappa shape index (κ2) is 8.60. The summed E-state index contributed by atoms with van der Waals surface area (Å²) in [5.41, 5.74) is 0.814. The van der Waals surface area contributed by atoms with Crippen LogP contribution >= 0.6 is 11.3 Å². The minimum Gasteiger partial charge on any atom is -0.459 e. The third-order valence-corrected chi connectivity index (χ3v) is 7.29. The van der Waals surface area contributed by atoms with Gasteiger partial charge in [-0.15, -0.1) is 11.3 Å². The Hall–Kier alpha value is -2.95. The fourth-order valence-corrected chi connectivity index (χ4v) is 4.84. The van der Waals surface area contributed by atoms with Gasteiger partial charge in [0, 0.05) is 30.2 Å². The number of sulfonamides is 1. The molecule has 0 aliphatic rings. The summed E-state index contributed by atoms with van der Waals surface area (Å²) in [4.78, 5) is 25.2. The third kappa shape index (κ3) is 4.91. The lowest BCUT2D eigenvalue weighted by Crippen LogP contribution is -2.22. The van der Waals surface area contributed by atoms with Crippen molar-refractivity contribution >= 4 is 38.9 Å². The molecule has 2 aromatic heterocycles. The molecule has 3 rings (SSSR count). The largest absolute Gasteiger partial charge is 0.459 e. The Kier molecular flexibility index (Phi) is 6.16. The molecule has 0 aliphatic heterocycles. The Balaban J connectivity index is 1.63. The predicted molar refractivity (Wildman–Crippen MR) is 109 cm³/mol. The average Bonchev–Trinajstić information content (AvgIpc) is 3.38. The minimum absolute atomic E-state index is 0.168. The van der Waals surface area contributed by atoms with Crippen LogP contribution in [0.15, 0.2) is 63.4 Å². The predicted octanol–water partition coefficient (Wildman–Crippen LogP) is 2.77. The van der Waals surface area contributed by atoms with Crippen LogP contribution in [0.5, 0.6) is 0 Å². The molecule has 3 aromatic rings. The SMILES string of the molecule is CN(C)S(=O)(=O)c1ccc(CNC(=O)c2cccc(NC(=O)c3ccco3)c2)s1. The highest BCUT2D eigenvalue weighted by atomic mass is 32.2. The number of thiophene rings is 1. The molecule has 0 aliphatic carbocycles. The highest BCUT2D eigenvalue weighted by molar-refractivity contribution is 7.91. The van der Waals surface area contributed by atoms with Crippen LogP contribution in [0, 0.1) is 0 Å². The first kappa shape index (κ1) is 20.8. The van der Waals surface area contributed by atoms with E-state index in [1.165, 1.54) is 32.5 Å². The molecule has 0 bridgehead atoms. The Bertz CT molecular complexity index is 1120. The molecule has 2 amide bonds. The summed E-state index contributed by atoms with van der Waals surface area (Å²) in [7, 11) is -0.559. The van der Waals surface area contributed by atoms with E-state index in [9.17, 15) is 18.0 Å². The number of hydrogen-bond donors (Lipinski definition) is 2. The maximum Gasteiger partial charge on any atom is 0.291 e. The molecule has 2 N–H and O–H groups in total. The van der Waals surface area contributed by atoms with Gasteiger partial charge in [-0.05, 0) is 42.5 Å². The molecule has 0 unspecified atom stereocenters. The van der Waals surface area contributed by atoms with Gasteiger partial charge in [0.05, 0.1) is 12.8 Å². The fraction of sp³-hybridized carbons (Fsp3) is 0.158. The molecule has 0 spiro atoms. The van der Waals surface area contributed by atoms with E-state index >= 15 is 0 Å². The standard InChI is InChI=1S/C19H19N3O5S2/c1-22(2)29(25,26)17-9-8-15(28-17)12-20-18(23)13-5-3-6-14(11-13)21-19(24)16-7-4-10-27-16/h3-11H,12H2,1-2H3,(H,20,23)(H,21,24). The summed E-state index contributed by atoms with van der Waals surface area (Å²) in [6.45, 7) is 0.190. The van der Waals surface area contributed by atoms with Crippen LogP contribution in [0.1, 0.15) is 25.8 Å². The van der Waals surface area contributed by atoms with E-state index in [0.717, 1.165) is 15.6 Å². The number of furan rings is 1. The van der Waals surface area contributed by atoms with Gasteiger partial charge in [-0.3, -0.25) is 9.59 Å². The van der Waals surface area contributed by atoms with Crippen LogP contribution in [0.25, 0.3) is 0 Å². The van der Waals surface area contributed by atoms with Crippen molar-refractivity contribution in [1.29, 1.82) is 0 Å². The van der Waals surface area contributed by atoms with Crippen molar-refractivity contribution in [2.75, 3.05) is 19.4 Å². The summed E-state index contributed by atoms with van der Waals surface area (Å²) in [5, 5.41) is 5.41. The quantitative estimate of drug-likeness (QED) is 0.596. The molecule has 29 heavy (non-hydrogen) atoms. The molecule has 0 saturated carbocycles. The van der Waals surface area contributed by atoms with Crippen LogP contribution in [-0.4, -0.2) is 38.6 Å². The van der Waals surface area contributed by atoms with Gasteiger partial charge >= 0.3 is 0 Å². The van der Waals surface area contributed by atoms with E-state index in [1.54, 1.807) is 36.4 Å². The Morgan fingerprint density at radius 3 is 2.55 bits per heavy atom. The zero-order chi connectivity index (χ0) is 21.0. The molecule has 0 atom stereocenters. The van der Waals surface area contributed by atoms with Gasteiger partial charge < -0.3 is 15.1 Å². The average molecular weight is 434 g/mol. The maximum absolute atomic E-state index is 12.4. The number of carbonyl (C=O) groups is 2. The van der Waals surface area contributed by atoms with Crippen LogP contribution in [0.3, 0.4) is 0 Å². The topological polar surface area (TPSA) is 109 Å². The maximum atomic E-state index is 12.4. The summed E-state index contributed by atoms with van der Waals surface area (Å²) in [6.07, 6.45) is 1.40. The Labute approximate surface area is 172 Å². The van der Waals surface area contributed by atoms with Gasteiger partial charge in [0.15, 0.2) is 5.76 Å². The first-order valence-electron chi connectivity index (χ1n) is 8.52. The number of anilines is 1. The molecule has 1 aromatic carbocycles. The minimum atomic E-state index is -3.49. The summed E-state index contributed by atoms with van der Waals surface area (Å²) in [5.74, 6) is -0.591. The normalized spacial score (nSPS) is 11.4. The number of hydrogen-bond acceptors (Lipinski definition) is 6. The van der Waals surface area contributed by atoms with Gasteiger partial charge in [0.1, 0.15) is 4.21 Å². The Morgan fingerprint density at radius 1 is 1.07 bits per heavy atom. The summed E-state index contributed by atoms with van der Waals surface area (Å²) in [6, 6.07) is 12.8. The van der Waals surface area contributed by atoms with Gasteiger partial charge in [-0.2, -0.15) is 0 Å². The second-order valence-corrected chi connectivity index (χ2v) is 9.75. The number of nitrogens with zero attached hydrogens (tertiary/aromatic N) is 1. The molecule has 0 radical (unpaired) electrons. The van der Waals surface area contributed by atoms with Crippen molar-refractivity contribution in [3.05, 3.63) is 71.0 Å². The Morgan fingerprint density at radius 2 is 1.86 bits per heavy atom. The fourth-order valence-electron chi connectivity index (χ4n) is 2.38. The van der Waals surface area contributed by atoms with Crippen molar-refractivity contribution in [3.8, 4) is 0 Å². The second-order valence-electron chi connectivity index (χ2n) is 6.20. The van der Waals surface area contributed by atoms with Crippen molar-refractivity contribution in [2.45, 2.75) is 10.8 Å². The van der Waals surface area contributed by atoms with Crippen LogP contribution in [0.4, 0.5) is 5.69 Å². The van der Waals surface area contributed by atoms with Crippen molar-refractivity contribution in [1.82, 2.24) is 9.62 Å². The number of rotatable bonds is 7. The van der Waals surface area contributed by atoms with Crippen molar-refractivity contribution < 1.29 is 22.4 Å². The molecular weight excluding hydrogens is 414 g/mol. The van der Waals surface area contributed by atoms with E-state index in [2.05, 4.69) is 10.6 Å². The van der Waals surface area contributed by atoms with Crippen molar-refractivity contribution in [2.24, 2.45) is 0 Å². The highest BCUT2D eigenvalue weighted by Crippen LogP contribution is 2.23. The zero-order valence-electron chi connectivity index (χ0n) is 15.7. The van der Waals surface area contributed by atoms with Gasteiger partial charge in [0.2, 0.25) is 0 Å². The molecule has 0 fully saturated rings. The molecule has 0 saturated heterocycles. The van der Waals surface area contributed by atoms with Crippen LogP contribution in [0.2, 0.25) is 0 Å². The number of nitrogens with one attached hydrogen (secondary N) is 2. The van der Waals surface area contributed by atoms with Gasteiger partial charge in [-0.25, -0.2) is 12.7 Å². The van der Waals surface area contributed by atoms with Gasteiger partial charge in [0.25, 0.3) is 21.8 Å². The third-order valence-electron chi connectivity index (χ3n) is 3.92. The molecule has 152 valence electrons. The van der Waals surface area contributed by atoms with Crippen LogP contribution in [-0.2, 0) is 16.6 Å².